The van der Waals surface area contributed by atoms with Gasteiger partial charge >= 0.3 is 41.8 Å². The molecule has 23 heteroatoms. The number of aliphatic hydroxyl groups is 1. The summed E-state index contributed by atoms with van der Waals surface area (Å²) in [6.45, 7) is 12.1. The summed E-state index contributed by atoms with van der Waals surface area (Å²) in [6, 6.07) is 0. The van der Waals surface area contributed by atoms with Crippen molar-refractivity contribution in [2.75, 3.05) is 121 Å². The summed E-state index contributed by atoms with van der Waals surface area (Å²) < 4.78 is 42.9. The summed E-state index contributed by atoms with van der Waals surface area (Å²) in [4.78, 5) is 92.2. The van der Waals surface area contributed by atoms with Gasteiger partial charge in [0.1, 0.15) is 12.7 Å². The first-order valence-electron chi connectivity index (χ1n) is 22.4. The minimum Gasteiger partial charge on any atom is -0.477 e. The smallest absolute Gasteiger partial charge is 0.359 e. The number of rotatable bonds is 41. The topological polar surface area (TPSA) is 263 Å². The van der Waals surface area contributed by atoms with Crippen molar-refractivity contribution in [1.82, 2.24) is 4.90 Å². The van der Waals surface area contributed by atoms with Crippen molar-refractivity contribution in [3.63, 3.8) is 0 Å². The summed E-state index contributed by atoms with van der Waals surface area (Å²) in [5, 5.41) is 18.8. The van der Waals surface area contributed by atoms with Crippen molar-refractivity contribution in [3.05, 3.63) is 0 Å². The Morgan fingerprint density at radius 1 is 0.606 bits per heavy atom. The summed E-state index contributed by atoms with van der Waals surface area (Å²) in [7, 11) is 5.16. The molecule has 0 aliphatic carbocycles. The van der Waals surface area contributed by atoms with Crippen LogP contribution in [0.5, 0.6) is 0 Å². The summed E-state index contributed by atoms with van der Waals surface area (Å²) in [6.07, 6.45) is -7.59. The van der Waals surface area contributed by atoms with Gasteiger partial charge in [0.05, 0.1) is 40.5 Å². The normalized spacial score (nSPS) is 14.3. The molecule has 66 heavy (non-hydrogen) atoms. The van der Waals surface area contributed by atoms with E-state index in [2.05, 4.69) is 18.7 Å². The van der Waals surface area contributed by atoms with E-state index >= 15 is 0 Å². The van der Waals surface area contributed by atoms with Crippen LogP contribution in [-0.4, -0.2) is 219 Å². The van der Waals surface area contributed by atoms with E-state index in [-0.39, 0.29) is 45.6 Å². The van der Waals surface area contributed by atoms with Crippen LogP contribution in [0.25, 0.3) is 0 Å². The molecule has 4 N–H and O–H groups in total. The molecule has 0 aliphatic heterocycles. The second-order valence-electron chi connectivity index (χ2n) is 15.7. The van der Waals surface area contributed by atoms with Crippen LogP contribution in [0.2, 0.25) is 0 Å². The first kappa shape index (κ1) is 63.1. The number of carboxylic acids is 1. The zero-order valence-electron chi connectivity index (χ0n) is 40.2. The van der Waals surface area contributed by atoms with Gasteiger partial charge in [0.25, 0.3) is 0 Å². The highest BCUT2D eigenvalue weighted by Crippen LogP contribution is 2.18. The number of carbonyl (C=O) groups excluding carboxylic acids is 6. The van der Waals surface area contributed by atoms with Crippen LogP contribution >= 0.6 is 35.3 Å². The number of nitrogens with zero attached hydrogens (tertiary/aromatic N) is 2. The standard InChI is InChI=1S/C43H77N3O17S3/c1-9-45(10-2)18-28-65-25-13-16-36(63-40(52)33(5)59-42(54)35(61-38(50)31(3)47)15-12-24-64-27-17-44)43(55)60-32(4)39(51)62-34(41(53)58-23-22-57-21-20-56-8)14-11-26-66-29-19-46(6,7)30-37(48)49/h31-36,47H,9-30,44H2,1-8H3/p+1. The maximum atomic E-state index is 13.6. The van der Waals surface area contributed by atoms with Gasteiger partial charge in [-0.2, -0.15) is 35.3 Å². The molecule has 0 saturated carbocycles. The van der Waals surface area contributed by atoms with E-state index in [1.807, 2.05) is 14.1 Å². The molecule has 0 fully saturated rings. The summed E-state index contributed by atoms with van der Waals surface area (Å²) in [5.41, 5.74) is 5.53. The van der Waals surface area contributed by atoms with Crippen LogP contribution in [0, 0.1) is 0 Å². The molecule has 20 nitrogen and oxygen atoms in total. The van der Waals surface area contributed by atoms with Crippen LogP contribution in [-0.2, 0) is 71.5 Å². The molecule has 0 aromatic rings. The number of aliphatic hydroxyl groups excluding tert-OH is 1. The monoisotopic (exact) mass is 1000 g/mol. The van der Waals surface area contributed by atoms with E-state index in [0.29, 0.717) is 72.2 Å². The minimum absolute atomic E-state index is 0.00813. The van der Waals surface area contributed by atoms with E-state index in [9.17, 15) is 38.7 Å². The van der Waals surface area contributed by atoms with E-state index in [1.165, 1.54) is 39.6 Å². The number of quaternary nitrogens is 1. The van der Waals surface area contributed by atoms with Crippen LogP contribution < -0.4 is 5.73 Å². The van der Waals surface area contributed by atoms with Gasteiger partial charge in [-0.05, 0) is 89.6 Å². The molecule has 0 aromatic heterocycles. The fraction of sp³-hybridized carbons (Fsp3) is 0.837. The molecular weight excluding hydrogens is 927 g/mol. The average molecular weight is 1010 g/mol. The second-order valence-corrected chi connectivity index (χ2v) is 19.3. The third kappa shape index (κ3) is 31.2. The highest BCUT2D eigenvalue weighted by molar-refractivity contribution is 7.99. The van der Waals surface area contributed by atoms with Gasteiger partial charge in [-0.15, -0.1) is 0 Å². The van der Waals surface area contributed by atoms with E-state index < -0.39 is 78.4 Å². The largest absolute Gasteiger partial charge is 0.477 e. The van der Waals surface area contributed by atoms with Crippen molar-refractivity contribution in [2.24, 2.45) is 5.73 Å². The van der Waals surface area contributed by atoms with Crippen LogP contribution in [0.1, 0.15) is 73.1 Å². The van der Waals surface area contributed by atoms with Crippen molar-refractivity contribution >= 4 is 77.1 Å². The number of hydrogen-bond acceptors (Lipinski definition) is 21. The Balaban J connectivity index is 5.91. The number of aliphatic carboxylic acids is 1. The van der Waals surface area contributed by atoms with Crippen molar-refractivity contribution in [1.29, 1.82) is 0 Å². The van der Waals surface area contributed by atoms with Crippen molar-refractivity contribution in [3.8, 4) is 0 Å². The zero-order valence-corrected chi connectivity index (χ0v) is 42.7. The second kappa shape index (κ2) is 38.0. The predicted molar refractivity (Wildman–Crippen MR) is 252 cm³/mol. The lowest BCUT2D eigenvalue weighted by atomic mass is 10.2. The van der Waals surface area contributed by atoms with Crippen LogP contribution in [0.15, 0.2) is 0 Å². The SMILES string of the molecule is CCN(CC)CCSCCCC(OC(=O)C(C)OC(=O)C(CCCSCCN)OC(=O)C(C)O)C(=O)OC(C)C(=O)OC(CCCSCC[N+](C)(C)CC(=O)O)C(=O)OCCOCCOC. The van der Waals surface area contributed by atoms with E-state index in [0.717, 1.165) is 25.4 Å². The maximum absolute atomic E-state index is 13.6. The quantitative estimate of drug-likeness (QED) is 0.0343. The van der Waals surface area contributed by atoms with Gasteiger partial charge in [-0.25, -0.2) is 33.6 Å². The lowest BCUT2D eigenvalue weighted by molar-refractivity contribution is -0.880. The highest BCUT2D eigenvalue weighted by Gasteiger charge is 2.35. The lowest BCUT2D eigenvalue weighted by Crippen LogP contribution is -2.45. The van der Waals surface area contributed by atoms with Crippen molar-refractivity contribution < 1.29 is 86.2 Å². The summed E-state index contributed by atoms with van der Waals surface area (Å²) in [5.74, 6) is -3.15. The Kier molecular flexibility index (Phi) is 36.3. The van der Waals surface area contributed by atoms with Crippen LogP contribution in [0.4, 0.5) is 0 Å². The number of methoxy groups -OCH3 is 1. The molecule has 384 valence electrons. The number of esters is 6. The summed E-state index contributed by atoms with van der Waals surface area (Å²) >= 11 is 4.73. The lowest BCUT2D eigenvalue weighted by Gasteiger charge is -2.27. The van der Waals surface area contributed by atoms with Crippen LogP contribution in [0.3, 0.4) is 0 Å². The molecule has 0 spiro atoms. The first-order valence-corrected chi connectivity index (χ1v) is 25.9. The maximum Gasteiger partial charge on any atom is 0.359 e. The van der Waals surface area contributed by atoms with Gasteiger partial charge in [-0.3, -0.25) is 0 Å². The fourth-order valence-corrected chi connectivity index (χ4v) is 8.41. The Hall–Kier alpha value is -2.90. The molecule has 0 aromatic carbocycles. The molecule has 0 rings (SSSR count). The van der Waals surface area contributed by atoms with Crippen molar-refractivity contribution in [2.45, 2.75) is 110 Å². The molecule has 0 radical (unpaired) electrons. The number of ether oxygens (including phenoxy) is 8. The zero-order chi connectivity index (χ0) is 49.9. The van der Waals surface area contributed by atoms with Gasteiger partial charge in [0.2, 0.25) is 0 Å². The first-order chi connectivity index (χ1) is 31.3. The fourth-order valence-electron chi connectivity index (χ4n) is 5.51. The Labute approximate surface area is 403 Å². The van der Waals surface area contributed by atoms with Gasteiger partial charge in [0, 0.05) is 37.5 Å². The molecule has 0 aliphatic rings. The number of thioether (sulfide) groups is 3. The molecule has 0 amide bonds. The van der Waals surface area contributed by atoms with Gasteiger partial charge in [0.15, 0.2) is 37.1 Å². The van der Waals surface area contributed by atoms with Gasteiger partial charge < -0.3 is 63.2 Å². The Morgan fingerprint density at radius 2 is 1.06 bits per heavy atom. The molecule has 0 saturated heterocycles. The number of likely N-dealkylation sites (N-methyl/N-ethyl adjacent to an activating group) is 1. The van der Waals surface area contributed by atoms with E-state index in [4.69, 9.17) is 48.7 Å². The predicted octanol–water partition coefficient (Wildman–Crippen LogP) is 2.17. The molecule has 0 heterocycles. The molecule has 6 atom stereocenters. The number of nitrogens with two attached hydrogens (primary N) is 1. The Bertz CT molecular complexity index is 1410. The third-order valence-corrected chi connectivity index (χ3v) is 12.6. The number of carboxylic acid groups (broad SMARTS) is 1. The Morgan fingerprint density at radius 3 is 1.52 bits per heavy atom. The number of hydrogen-bond donors (Lipinski definition) is 3. The minimum atomic E-state index is -1.57. The average Bonchev–Trinajstić information content (AvgIpc) is 3.26. The molecular formula is C43H78N3O17S3+. The number of carbonyl (C=O) groups is 7. The molecule has 6 unspecified atom stereocenters. The highest BCUT2D eigenvalue weighted by atomic mass is 32.2. The molecule has 0 bridgehead atoms. The van der Waals surface area contributed by atoms with Gasteiger partial charge in [-0.1, -0.05) is 13.8 Å². The van der Waals surface area contributed by atoms with E-state index in [1.54, 1.807) is 23.5 Å². The third-order valence-electron chi connectivity index (χ3n) is 9.44.